The summed E-state index contributed by atoms with van der Waals surface area (Å²) >= 11 is 10.3. The molecule has 3 aromatic rings. The quantitative estimate of drug-likeness (QED) is 0.474. The minimum Gasteiger partial charge on any atom is -0.0837 e. The average molecular weight is 358 g/mol. The topological polar surface area (TPSA) is 0 Å². The Kier molecular flexibility index (Phi) is 3.28. The van der Waals surface area contributed by atoms with Gasteiger partial charge >= 0.3 is 0 Å². The molecule has 2 heteroatoms. The molecule has 0 amide bonds. The van der Waals surface area contributed by atoms with Crippen LogP contribution in [0.5, 0.6) is 0 Å². The minimum absolute atomic E-state index is 0.328. The first-order chi connectivity index (χ1) is 10.3. The third kappa shape index (κ3) is 2.11. The molecule has 0 saturated carbocycles. The van der Waals surface area contributed by atoms with Gasteiger partial charge in [0.15, 0.2) is 0 Å². The van der Waals surface area contributed by atoms with Gasteiger partial charge in [-0.3, -0.25) is 0 Å². The second-order valence-corrected chi connectivity index (χ2v) is 6.99. The second-order valence-electron chi connectivity index (χ2n) is 5.59. The van der Waals surface area contributed by atoms with Crippen molar-refractivity contribution < 1.29 is 0 Å². The molecule has 1 aliphatic rings. The highest BCUT2D eigenvalue weighted by Gasteiger charge is 2.32. The van der Waals surface area contributed by atoms with Gasteiger partial charge in [-0.1, -0.05) is 82.1 Å². The Hall–Kier alpha value is -1.31. The van der Waals surface area contributed by atoms with Crippen molar-refractivity contribution in [2.45, 2.75) is 17.2 Å². The normalized spacial score (nSPS) is 18.1. The number of rotatable bonds is 2. The van der Waals surface area contributed by atoms with Crippen molar-refractivity contribution in [1.29, 1.82) is 0 Å². The lowest BCUT2D eigenvalue weighted by Gasteiger charge is -2.34. The van der Waals surface area contributed by atoms with E-state index in [1.165, 1.54) is 22.1 Å². The van der Waals surface area contributed by atoms with Crippen LogP contribution >= 0.6 is 27.5 Å². The number of alkyl halides is 1. The maximum atomic E-state index is 6.33. The first-order valence-electron chi connectivity index (χ1n) is 7.15. The van der Waals surface area contributed by atoms with E-state index < -0.39 is 0 Å². The summed E-state index contributed by atoms with van der Waals surface area (Å²) in [7, 11) is 0. The Balaban J connectivity index is 1.80. The van der Waals surface area contributed by atoms with Crippen molar-refractivity contribution in [3.8, 4) is 0 Å². The van der Waals surface area contributed by atoms with E-state index >= 15 is 0 Å². The molecule has 0 fully saturated rings. The molecule has 0 aliphatic heterocycles. The molecule has 2 unspecified atom stereocenters. The van der Waals surface area contributed by atoms with Crippen LogP contribution in [0.4, 0.5) is 0 Å². The van der Waals surface area contributed by atoms with E-state index in [4.69, 9.17) is 11.6 Å². The van der Waals surface area contributed by atoms with Gasteiger partial charge in [-0.05, 0) is 34.6 Å². The second kappa shape index (κ2) is 5.15. The summed E-state index contributed by atoms with van der Waals surface area (Å²) < 4.78 is 0. The monoisotopic (exact) mass is 356 g/mol. The first-order valence-corrected chi connectivity index (χ1v) is 8.44. The minimum atomic E-state index is 0.328. The Labute approximate surface area is 137 Å². The van der Waals surface area contributed by atoms with E-state index in [-0.39, 0.29) is 0 Å². The molecule has 0 heterocycles. The number of hydrogen-bond acceptors (Lipinski definition) is 0. The van der Waals surface area contributed by atoms with Gasteiger partial charge < -0.3 is 0 Å². The fraction of sp³-hybridized carbons (Fsp3) is 0.158. The fourth-order valence-electron chi connectivity index (χ4n) is 3.30. The van der Waals surface area contributed by atoms with Gasteiger partial charge in [0.05, 0.1) is 0 Å². The molecule has 3 aromatic carbocycles. The van der Waals surface area contributed by atoms with Crippen LogP contribution in [0.25, 0.3) is 10.8 Å². The van der Waals surface area contributed by atoms with Gasteiger partial charge in [-0.15, -0.1) is 0 Å². The molecule has 0 aromatic heterocycles. The predicted molar refractivity (Wildman–Crippen MR) is 93.5 cm³/mol. The standard InChI is InChI=1S/C19H14BrCl/c20-19(17-11-12-5-1-2-6-13(12)17)16-9-10-18(21)15-8-4-3-7-14(15)16/h1-10,17,19H,11H2. The molecule has 2 atom stereocenters. The molecule has 0 N–H and O–H groups in total. The molecule has 0 saturated heterocycles. The van der Waals surface area contributed by atoms with Gasteiger partial charge in [0.2, 0.25) is 0 Å². The maximum Gasteiger partial charge on any atom is 0.0484 e. The average Bonchev–Trinajstić information content (AvgIpc) is 2.49. The van der Waals surface area contributed by atoms with Crippen LogP contribution in [0, 0.1) is 0 Å². The summed E-state index contributed by atoms with van der Waals surface area (Å²) in [5, 5.41) is 3.20. The highest BCUT2D eigenvalue weighted by atomic mass is 79.9. The lowest BCUT2D eigenvalue weighted by atomic mass is 9.74. The molecule has 21 heavy (non-hydrogen) atoms. The molecular weight excluding hydrogens is 344 g/mol. The smallest absolute Gasteiger partial charge is 0.0484 e. The molecule has 1 aliphatic carbocycles. The summed E-state index contributed by atoms with van der Waals surface area (Å²) in [6.45, 7) is 0. The van der Waals surface area contributed by atoms with Crippen molar-refractivity contribution in [3.63, 3.8) is 0 Å². The van der Waals surface area contributed by atoms with Crippen LogP contribution in [0.15, 0.2) is 60.7 Å². The van der Waals surface area contributed by atoms with Gasteiger partial charge in [0, 0.05) is 21.2 Å². The maximum absolute atomic E-state index is 6.33. The largest absolute Gasteiger partial charge is 0.0837 e. The summed E-state index contributed by atoms with van der Waals surface area (Å²) in [5.41, 5.74) is 4.28. The summed E-state index contributed by atoms with van der Waals surface area (Å²) in [4.78, 5) is 0.328. The van der Waals surface area contributed by atoms with E-state index in [0.29, 0.717) is 10.7 Å². The highest BCUT2D eigenvalue weighted by molar-refractivity contribution is 9.09. The fourth-order valence-corrected chi connectivity index (χ4v) is 4.40. The lowest BCUT2D eigenvalue weighted by Crippen LogP contribution is -2.20. The molecule has 104 valence electrons. The predicted octanol–water partition coefficient (Wildman–Crippen LogP) is 6.27. The molecular formula is C19H14BrCl. The first kappa shape index (κ1) is 13.4. The number of hydrogen-bond donors (Lipinski definition) is 0. The number of fused-ring (bicyclic) bond motifs is 2. The molecule has 0 nitrogen and oxygen atoms in total. The number of halogens is 2. The van der Waals surface area contributed by atoms with Crippen LogP contribution in [-0.2, 0) is 6.42 Å². The van der Waals surface area contributed by atoms with Crippen LogP contribution in [0.1, 0.15) is 27.4 Å². The molecule has 0 bridgehead atoms. The van der Waals surface area contributed by atoms with E-state index in [0.717, 1.165) is 16.8 Å². The molecule has 0 spiro atoms. The zero-order valence-electron chi connectivity index (χ0n) is 11.4. The lowest BCUT2D eigenvalue weighted by molar-refractivity contribution is 0.602. The highest BCUT2D eigenvalue weighted by Crippen LogP contribution is 2.49. The Morgan fingerprint density at radius 2 is 1.62 bits per heavy atom. The van der Waals surface area contributed by atoms with E-state index in [2.05, 4.69) is 64.5 Å². The van der Waals surface area contributed by atoms with Gasteiger partial charge in [-0.2, -0.15) is 0 Å². The summed E-state index contributed by atoms with van der Waals surface area (Å²) in [6.07, 6.45) is 1.14. The van der Waals surface area contributed by atoms with Crippen LogP contribution < -0.4 is 0 Å². The number of benzene rings is 3. The van der Waals surface area contributed by atoms with E-state index in [9.17, 15) is 0 Å². The third-order valence-electron chi connectivity index (χ3n) is 4.45. The third-order valence-corrected chi connectivity index (χ3v) is 5.91. The molecule has 0 radical (unpaired) electrons. The van der Waals surface area contributed by atoms with Crippen LogP contribution in [0.2, 0.25) is 5.02 Å². The zero-order chi connectivity index (χ0) is 14.4. The van der Waals surface area contributed by atoms with E-state index in [1.807, 2.05) is 12.1 Å². The summed E-state index contributed by atoms with van der Waals surface area (Å²) in [6, 6.07) is 21.3. The molecule has 4 rings (SSSR count). The van der Waals surface area contributed by atoms with Crippen LogP contribution in [-0.4, -0.2) is 0 Å². The van der Waals surface area contributed by atoms with Gasteiger partial charge in [-0.25, -0.2) is 0 Å². The van der Waals surface area contributed by atoms with Crippen molar-refractivity contribution >= 4 is 38.3 Å². The SMILES string of the molecule is Clc1ccc(C(Br)C2Cc3ccccc32)c2ccccc12. The van der Waals surface area contributed by atoms with Crippen molar-refractivity contribution in [3.05, 3.63) is 82.4 Å². The van der Waals surface area contributed by atoms with Crippen molar-refractivity contribution in [1.82, 2.24) is 0 Å². The Morgan fingerprint density at radius 1 is 0.905 bits per heavy atom. The van der Waals surface area contributed by atoms with E-state index in [1.54, 1.807) is 0 Å². The van der Waals surface area contributed by atoms with Gasteiger partial charge in [0.1, 0.15) is 0 Å². The zero-order valence-corrected chi connectivity index (χ0v) is 13.7. The summed E-state index contributed by atoms with van der Waals surface area (Å²) in [5.74, 6) is 0.547. The Bertz CT molecular complexity index is 825. The Morgan fingerprint density at radius 3 is 2.43 bits per heavy atom. The van der Waals surface area contributed by atoms with Crippen molar-refractivity contribution in [2.75, 3.05) is 0 Å². The van der Waals surface area contributed by atoms with Crippen LogP contribution in [0.3, 0.4) is 0 Å². The van der Waals surface area contributed by atoms with Crippen molar-refractivity contribution in [2.24, 2.45) is 0 Å². The van der Waals surface area contributed by atoms with Gasteiger partial charge in [0.25, 0.3) is 0 Å².